The van der Waals surface area contributed by atoms with Crippen molar-refractivity contribution in [3.8, 4) is 6.07 Å². The van der Waals surface area contributed by atoms with Crippen LogP contribution < -0.4 is 5.32 Å². The van der Waals surface area contributed by atoms with E-state index in [0.717, 1.165) is 12.8 Å². The van der Waals surface area contributed by atoms with Gasteiger partial charge < -0.3 is 5.32 Å². The monoisotopic (exact) mass is 318 g/mol. The Balaban J connectivity index is 1.78. The minimum absolute atomic E-state index is 0.0912. The molecule has 3 nitrogen and oxygen atoms in total. The number of hydrogen-bond acceptors (Lipinski definition) is 2. The number of rotatable bonds is 5. The summed E-state index contributed by atoms with van der Waals surface area (Å²) in [5.41, 5.74) is 1.51. The average molecular weight is 318 g/mol. The zero-order chi connectivity index (χ0) is 16.8. The van der Waals surface area contributed by atoms with Gasteiger partial charge in [-0.15, -0.1) is 0 Å². The van der Waals surface area contributed by atoms with Crippen molar-refractivity contribution >= 4 is 5.91 Å². The van der Waals surface area contributed by atoms with Gasteiger partial charge in [0.15, 0.2) is 0 Å². The molecule has 0 saturated heterocycles. The fourth-order valence-electron chi connectivity index (χ4n) is 3.53. The number of hydrogen-bond donors (Lipinski definition) is 1. The third kappa shape index (κ3) is 3.33. The van der Waals surface area contributed by atoms with Gasteiger partial charge in [-0.05, 0) is 24.0 Å². The number of nitrogens with zero attached hydrogens (tertiary/aromatic N) is 1. The lowest BCUT2D eigenvalue weighted by Crippen LogP contribution is -2.40. The molecule has 3 rings (SSSR count). The highest BCUT2D eigenvalue weighted by atomic mass is 16.2. The maximum absolute atomic E-state index is 12.6. The molecule has 24 heavy (non-hydrogen) atoms. The van der Waals surface area contributed by atoms with Crippen LogP contribution in [-0.4, -0.2) is 12.5 Å². The lowest BCUT2D eigenvalue weighted by molar-refractivity contribution is -0.127. The van der Waals surface area contributed by atoms with Crippen LogP contribution in [0.15, 0.2) is 60.7 Å². The first-order valence-corrected chi connectivity index (χ1v) is 8.55. The number of nitrogens with one attached hydrogen (secondary N) is 1. The van der Waals surface area contributed by atoms with Crippen LogP contribution in [0.5, 0.6) is 0 Å². The molecule has 1 amide bonds. The molecule has 1 aliphatic carbocycles. The zero-order valence-corrected chi connectivity index (χ0v) is 13.7. The number of carbonyl (C=O) groups excluding carboxylic acids is 1. The zero-order valence-electron chi connectivity index (χ0n) is 13.7. The molecule has 2 aromatic carbocycles. The Bertz CT molecular complexity index is 673. The molecule has 122 valence electrons. The van der Waals surface area contributed by atoms with Crippen LogP contribution in [0.3, 0.4) is 0 Å². The van der Waals surface area contributed by atoms with E-state index in [-0.39, 0.29) is 11.8 Å². The normalized spacial score (nSPS) is 15.8. The molecule has 0 unspecified atom stereocenters. The summed E-state index contributed by atoms with van der Waals surface area (Å²) in [5, 5.41) is 12.5. The molecule has 0 aliphatic heterocycles. The summed E-state index contributed by atoms with van der Waals surface area (Å²) in [7, 11) is 0. The minimum Gasteiger partial charge on any atom is -0.354 e. The van der Waals surface area contributed by atoms with Crippen LogP contribution in [0.1, 0.15) is 42.7 Å². The molecule has 0 atom stereocenters. The quantitative estimate of drug-likeness (QED) is 0.905. The van der Waals surface area contributed by atoms with Crippen LogP contribution in [0.25, 0.3) is 0 Å². The Hall–Kier alpha value is -2.60. The Labute approximate surface area is 143 Å². The van der Waals surface area contributed by atoms with Crippen molar-refractivity contribution in [3.63, 3.8) is 0 Å². The predicted octanol–water partition coefficient (Wildman–Crippen LogP) is 4.02. The maximum Gasteiger partial charge on any atom is 0.240 e. The smallest absolute Gasteiger partial charge is 0.240 e. The van der Waals surface area contributed by atoms with Gasteiger partial charge in [-0.3, -0.25) is 4.79 Å². The highest BCUT2D eigenvalue weighted by molar-refractivity contribution is 5.85. The SMILES string of the molecule is N#CC1(C(=O)NCC(c2ccccc2)c2ccccc2)CCCC1. The van der Waals surface area contributed by atoms with Crippen LogP contribution >= 0.6 is 0 Å². The van der Waals surface area contributed by atoms with Gasteiger partial charge in [0.05, 0.1) is 6.07 Å². The van der Waals surface area contributed by atoms with E-state index in [2.05, 4.69) is 35.7 Å². The van der Waals surface area contributed by atoms with Crippen LogP contribution in [0.2, 0.25) is 0 Å². The Morgan fingerprint density at radius 3 is 1.96 bits per heavy atom. The van der Waals surface area contributed by atoms with Gasteiger partial charge in [0, 0.05) is 12.5 Å². The first-order valence-electron chi connectivity index (χ1n) is 8.55. The molecular weight excluding hydrogens is 296 g/mol. The molecule has 0 radical (unpaired) electrons. The van der Waals surface area contributed by atoms with Gasteiger partial charge in [0.1, 0.15) is 5.41 Å². The first-order chi connectivity index (χ1) is 11.7. The highest BCUT2D eigenvalue weighted by Crippen LogP contribution is 2.37. The Morgan fingerprint density at radius 2 is 1.50 bits per heavy atom. The first kappa shape index (κ1) is 16.3. The van der Waals surface area contributed by atoms with Crippen LogP contribution in [0.4, 0.5) is 0 Å². The fraction of sp³-hybridized carbons (Fsp3) is 0.333. The highest BCUT2D eigenvalue weighted by Gasteiger charge is 2.41. The number of amides is 1. The Kier molecular flexibility index (Phi) is 4.96. The van der Waals surface area contributed by atoms with E-state index in [1.807, 2.05) is 36.4 Å². The van der Waals surface area contributed by atoms with E-state index in [1.54, 1.807) is 0 Å². The second-order valence-corrected chi connectivity index (χ2v) is 6.48. The second kappa shape index (κ2) is 7.31. The van der Waals surface area contributed by atoms with Gasteiger partial charge in [-0.2, -0.15) is 5.26 Å². The summed E-state index contributed by atoms with van der Waals surface area (Å²) in [6, 6.07) is 22.6. The third-order valence-corrected chi connectivity index (χ3v) is 4.98. The van der Waals surface area contributed by atoms with Crippen molar-refractivity contribution in [1.82, 2.24) is 5.32 Å². The number of benzene rings is 2. The Morgan fingerprint density at radius 1 is 1.00 bits per heavy atom. The van der Waals surface area contributed by atoms with Gasteiger partial charge in [0.2, 0.25) is 5.91 Å². The molecule has 2 aromatic rings. The van der Waals surface area contributed by atoms with Crippen LogP contribution in [-0.2, 0) is 4.79 Å². The number of carbonyl (C=O) groups is 1. The lowest BCUT2D eigenvalue weighted by atomic mass is 9.86. The molecule has 1 aliphatic rings. The van der Waals surface area contributed by atoms with Crippen molar-refractivity contribution < 1.29 is 4.79 Å². The molecule has 1 N–H and O–H groups in total. The van der Waals surface area contributed by atoms with Gasteiger partial charge >= 0.3 is 0 Å². The van der Waals surface area contributed by atoms with Crippen LogP contribution in [0, 0.1) is 16.7 Å². The second-order valence-electron chi connectivity index (χ2n) is 6.48. The summed E-state index contributed by atoms with van der Waals surface area (Å²) in [5.74, 6) is -0.0205. The van der Waals surface area contributed by atoms with Crippen molar-refractivity contribution in [2.75, 3.05) is 6.54 Å². The van der Waals surface area contributed by atoms with Crippen molar-refractivity contribution in [2.45, 2.75) is 31.6 Å². The molecular formula is C21H22N2O. The van der Waals surface area contributed by atoms with E-state index in [0.29, 0.717) is 19.4 Å². The van der Waals surface area contributed by atoms with Gasteiger partial charge in [-0.1, -0.05) is 73.5 Å². The molecule has 0 bridgehead atoms. The largest absolute Gasteiger partial charge is 0.354 e. The van der Waals surface area contributed by atoms with Gasteiger partial charge in [0.25, 0.3) is 0 Å². The third-order valence-electron chi connectivity index (χ3n) is 4.98. The maximum atomic E-state index is 12.6. The summed E-state index contributed by atoms with van der Waals surface area (Å²) in [6.45, 7) is 0.510. The van der Waals surface area contributed by atoms with E-state index < -0.39 is 5.41 Å². The summed E-state index contributed by atoms with van der Waals surface area (Å²) in [6.07, 6.45) is 3.27. The predicted molar refractivity (Wildman–Crippen MR) is 94.3 cm³/mol. The minimum atomic E-state index is -0.822. The lowest BCUT2D eigenvalue weighted by Gasteiger charge is -2.23. The van der Waals surface area contributed by atoms with Crippen molar-refractivity contribution in [2.24, 2.45) is 5.41 Å². The standard InChI is InChI=1S/C21H22N2O/c22-16-21(13-7-8-14-21)20(24)23-15-19(17-9-3-1-4-10-17)18-11-5-2-6-12-18/h1-6,9-12,19H,7-8,13-15H2,(H,23,24). The van der Waals surface area contributed by atoms with Crippen molar-refractivity contribution in [3.05, 3.63) is 71.8 Å². The molecule has 0 heterocycles. The summed E-state index contributed by atoms with van der Waals surface area (Å²) < 4.78 is 0. The van der Waals surface area contributed by atoms with E-state index in [1.165, 1.54) is 11.1 Å². The molecule has 1 fully saturated rings. The summed E-state index contributed by atoms with van der Waals surface area (Å²) in [4.78, 5) is 12.6. The molecule has 0 spiro atoms. The fourth-order valence-corrected chi connectivity index (χ4v) is 3.53. The number of nitriles is 1. The van der Waals surface area contributed by atoms with Crippen molar-refractivity contribution in [1.29, 1.82) is 5.26 Å². The molecule has 0 aromatic heterocycles. The van der Waals surface area contributed by atoms with Gasteiger partial charge in [-0.25, -0.2) is 0 Å². The topological polar surface area (TPSA) is 52.9 Å². The summed E-state index contributed by atoms with van der Waals surface area (Å²) >= 11 is 0. The van der Waals surface area contributed by atoms with E-state index in [4.69, 9.17) is 0 Å². The average Bonchev–Trinajstić information content (AvgIpc) is 3.14. The molecule has 3 heteroatoms. The molecule has 1 saturated carbocycles. The van der Waals surface area contributed by atoms with E-state index >= 15 is 0 Å². The van der Waals surface area contributed by atoms with E-state index in [9.17, 15) is 10.1 Å².